The van der Waals surface area contributed by atoms with Crippen LogP contribution in [0.3, 0.4) is 0 Å². The van der Waals surface area contributed by atoms with E-state index in [4.69, 9.17) is 10.5 Å². The molecule has 2 amide bonds. The molecule has 5 heteroatoms. The number of amides is 2. The number of hydrogen-bond donors (Lipinski definition) is 2. The van der Waals surface area contributed by atoms with E-state index in [0.717, 1.165) is 17.7 Å². The highest BCUT2D eigenvalue weighted by atomic mass is 16.5. The summed E-state index contributed by atoms with van der Waals surface area (Å²) >= 11 is 0. The smallest absolute Gasteiger partial charge is 0.318 e. The number of nitrogens with two attached hydrogens (primary N) is 1. The second kappa shape index (κ2) is 5.93. The van der Waals surface area contributed by atoms with Crippen LogP contribution in [-0.2, 0) is 6.42 Å². The lowest BCUT2D eigenvalue weighted by Gasteiger charge is -2.16. The number of urea groups is 1. The Bertz CT molecular complexity index is 462. The molecule has 0 aliphatic carbocycles. The van der Waals surface area contributed by atoms with Crippen molar-refractivity contribution in [1.29, 1.82) is 0 Å². The Hall–Kier alpha value is -1.75. The molecular formula is C14H21N3O2. The van der Waals surface area contributed by atoms with Crippen molar-refractivity contribution in [1.82, 2.24) is 10.2 Å². The van der Waals surface area contributed by atoms with E-state index >= 15 is 0 Å². The fourth-order valence-corrected chi connectivity index (χ4v) is 2.39. The first-order valence-corrected chi connectivity index (χ1v) is 6.62. The van der Waals surface area contributed by atoms with E-state index in [2.05, 4.69) is 24.4 Å². The summed E-state index contributed by atoms with van der Waals surface area (Å²) in [5.41, 5.74) is 7.79. The summed E-state index contributed by atoms with van der Waals surface area (Å²) in [5.74, 6) is 0.817. The van der Waals surface area contributed by atoms with E-state index in [9.17, 15) is 4.79 Å². The minimum absolute atomic E-state index is 0.0273. The van der Waals surface area contributed by atoms with Crippen molar-refractivity contribution in [2.45, 2.75) is 19.4 Å². The molecular weight excluding hydrogens is 242 g/mol. The summed E-state index contributed by atoms with van der Waals surface area (Å²) in [7, 11) is 1.65. The van der Waals surface area contributed by atoms with E-state index in [1.807, 2.05) is 6.07 Å². The maximum atomic E-state index is 11.8. The molecule has 0 saturated carbocycles. The minimum atomic E-state index is -0.0561. The molecule has 0 spiro atoms. The number of carbonyl (C=O) groups is 1. The zero-order valence-corrected chi connectivity index (χ0v) is 11.5. The van der Waals surface area contributed by atoms with Crippen molar-refractivity contribution in [3.05, 3.63) is 29.3 Å². The Labute approximate surface area is 113 Å². The van der Waals surface area contributed by atoms with E-state index in [1.54, 1.807) is 12.0 Å². The average molecular weight is 263 g/mol. The highest BCUT2D eigenvalue weighted by Crippen LogP contribution is 2.29. The van der Waals surface area contributed by atoms with Gasteiger partial charge in [-0.1, -0.05) is 13.0 Å². The van der Waals surface area contributed by atoms with Gasteiger partial charge in [-0.2, -0.15) is 0 Å². The molecule has 19 heavy (non-hydrogen) atoms. The predicted octanol–water partition coefficient (Wildman–Crippen LogP) is 1.28. The van der Waals surface area contributed by atoms with Crippen molar-refractivity contribution in [3.63, 3.8) is 0 Å². The summed E-state index contributed by atoms with van der Waals surface area (Å²) in [6, 6.07) is 6.04. The van der Waals surface area contributed by atoms with Gasteiger partial charge >= 0.3 is 6.03 Å². The average Bonchev–Trinajstić information content (AvgIpc) is 2.80. The van der Waals surface area contributed by atoms with Gasteiger partial charge in [-0.05, 0) is 24.1 Å². The summed E-state index contributed by atoms with van der Waals surface area (Å²) < 4.78 is 5.39. The summed E-state index contributed by atoms with van der Waals surface area (Å²) in [4.78, 5) is 13.6. The highest BCUT2D eigenvalue weighted by Gasteiger charge is 2.30. The molecule has 1 heterocycles. The van der Waals surface area contributed by atoms with Gasteiger partial charge < -0.3 is 20.7 Å². The normalized spacial score (nSPS) is 18.6. The molecule has 1 unspecified atom stereocenters. The fourth-order valence-electron chi connectivity index (χ4n) is 2.39. The predicted molar refractivity (Wildman–Crippen MR) is 74.3 cm³/mol. The van der Waals surface area contributed by atoms with Crippen LogP contribution in [0.15, 0.2) is 18.2 Å². The second-order valence-electron chi connectivity index (χ2n) is 4.67. The van der Waals surface area contributed by atoms with E-state index < -0.39 is 0 Å². The zero-order chi connectivity index (χ0) is 13.8. The number of methoxy groups -OCH3 is 1. The number of nitrogens with one attached hydrogen (secondary N) is 1. The molecule has 1 aliphatic heterocycles. The van der Waals surface area contributed by atoms with Gasteiger partial charge in [0.1, 0.15) is 5.75 Å². The largest absolute Gasteiger partial charge is 0.496 e. The van der Waals surface area contributed by atoms with Gasteiger partial charge in [-0.15, -0.1) is 0 Å². The van der Waals surface area contributed by atoms with Gasteiger partial charge in [0.25, 0.3) is 0 Å². The molecule has 104 valence electrons. The van der Waals surface area contributed by atoms with E-state index in [-0.39, 0.29) is 12.1 Å². The van der Waals surface area contributed by atoms with Crippen LogP contribution < -0.4 is 15.8 Å². The van der Waals surface area contributed by atoms with Crippen LogP contribution in [0.4, 0.5) is 4.79 Å². The lowest BCUT2D eigenvalue weighted by atomic mass is 10.0. The van der Waals surface area contributed by atoms with Gasteiger partial charge in [-0.25, -0.2) is 4.79 Å². The van der Waals surface area contributed by atoms with Crippen molar-refractivity contribution >= 4 is 6.03 Å². The number of hydrogen-bond acceptors (Lipinski definition) is 3. The number of benzene rings is 1. The van der Waals surface area contributed by atoms with Crippen LogP contribution in [0.25, 0.3) is 0 Å². The fraction of sp³-hybridized carbons (Fsp3) is 0.500. The topological polar surface area (TPSA) is 67.6 Å². The molecule has 2 rings (SSSR count). The number of aryl methyl sites for hydroxylation is 1. The molecule has 1 aromatic carbocycles. The number of ether oxygens (including phenoxy) is 1. The summed E-state index contributed by atoms with van der Waals surface area (Å²) in [6.45, 7) is 3.81. The van der Waals surface area contributed by atoms with Gasteiger partial charge in [0.15, 0.2) is 0 Å². The van der Waals surface area contributed by atoms with Crippen LogP contribution in [0, 0.1) is 0 Å². The summed E-state index contributed by atoms with van der Waals surface area (Å²) in [5, 5.41) is 2.98. The number of rotatable bonds is 5. The molecule has 1 aromatic rings. The lowest BCUT2D eigenvalue weighted by molar-refractivity contribution is 0.218. The first-order valence-electron chi connectivity index (χ1n) is 6.62. The monoisotopic (exact) mass is 263 g/mol. The Kier molecular flexibility index (Phi) is 4.27. The van der Waals surface area contributed by atoms with Crippen LogP contribution in [0.2, 0.25) is 0 Å². The molecule has 1 fully saturated rings. The Morgan fingerprint density at radius 3 is 2.95 bits per heavy atom. The lowest BCUT2D eigenvalue weighted by Crippen LogP contribution is -2.32. The maximum absolute atomic E-state index is 11.8. The molecule has 1 atom stereocenters. The Balaban J connectivity index is 2.24. The van der Waals surface area contributed by atoms with E-state index in [1.165, 1.54) is 5.56 Å². The summed E-state index contributed by atoms with van der Waals surface area (Å²) in [6.07, 6.45) is 0.962. The third kappa shape index (κ3) is 2.81. The van der Waals surface area contributed by atoms with Crippen molar-refractivity contribution < 1.29 is 9.53 Å². The third-order valence-corrected chi connectivity index (χ3v) is 3.46. The molecule has 0 bridgehead atoms. The van der Waals surface area contributed by atoms with Gasteiger partial charge in [-0.3, -0.25) is 0 Å². The van der Waals surface area contributed by atoms with Gasteiger partial charge in [0, 0.05) is 25.2 Å². The zero-order valence-electron chi connectivity index (χ0n) is 11.5. The van der Waals surface area contributed by atoms with Crippen LogP contribution in [0.1, 0.15) is 24.1 Å². The second-order valence-corrected chi connectivity index (χ2v) is 4.67. The maximum Gasteiger partial charge on any atom is 0.318 e. The Morgan fingerprint density at radius 2 is 2.32 bits per heavy atom. The molecule has 1 aliphatic rings. The van der Waals surface area contributed by atoms with Crippen LogP contribution in [0.5, 0.6) is 5.75 Å². The first-order chi connectivity index (χ1) is 9.19. The molecule has 0 aromatic heterocycles. The standard InChI is InChI=1S/C14H21N3O2/c1-3-10-4-5-13(19-2)11(8-10)12-9-17(7-6-15)14(18)16-12/h4-5,8,12H,3,6-7,9,15H2,1-2H3,(H,16,18). The number of nitrogens with zero attached hydrogens (tertiary/aromatic N) is 1. The molecule has 3 N–H and O–H groups in total. The Morgan fingerprint density at radius 1 is 1.53 bits per heavy atom. The SMILES string of the molecule is CCc1ccc(OC)c(C2CN(CCN)C(=O)N2)c1. The molecule has 5 nitrogen and oxygen atoms in total. The third-order valence-electron chi connectivity index (χ3n) is 3.46. The van der Waals surface area contributed by atoms with Crippen molar-refractivity contribution in [2.75, 3.05) is 26.7 Å². The molecule has 1 saturated heterocycles. The van der Waals surface area contributed by atoms with Crippen molar-refractivity contribution in [2.24, 2.45) is 5.73 Å². The van der Waals surface area contributed by atoms with Crippen LogP contribution in [-0.4, -0.2) is 37.7 Å². The van der Waals surface area contributed by atoms with Crippen molar-refractivity contribution in [3.8, 4) is 5.75 Å². The first kappa shape index (κ1) is 13.7. The quantitative estimate of drug-likeness (QED) is 0.841. The number of carbonyl (C=O) groups excluding carboxylic acids is 1. The highest BCUT2D eigenvalue weighted by molar-refractivity contribution is 5.77. The van der Waals surface area contributed by atoms with Gasteiger partial charge in [0.05, 0.1) is 13.2 Å². The van der Waals surface area contributed by atoms with E-state index in [0.29, 0.717) is 19.6 Å². The van der Waals surface area contributed by atoms with Crippen LogP contribution >= 0.6 is 0 Å². The van der Waals surface area contributed by atoms with Gasteiger partial charge in [0.2, 0.25) is 0 Å². The minimum Gasteiger partial charge on any atom is -0.496 e. The molecule has 0 radical (unpaired) electrons.